The molecule has 0 unspecified atom stereocenters. The monoisotopic (exact) mass is 828 g/mol. The molecule has 0 aliphatic heterocycles. The van der Waals surface area contributed by atoms with E-state index in [0.29, 0.717) is 0 Å². The minimum Gasteiger partial charge on any atom is -0.456 e. The summed E-state index contributed by atoms with van der Waals surface area (Å²) in [5.41, 5.74) is 20.0. The largest absolute Gasteiger partial charge is 0.456 e. The van der Waals surface area contributed by atoms with E-state index in [2.05, 4.69) is 216 Å². The van der Waals surface area contributed by atoms with Crippen LogP contribution in [0.5, 0.6) is 0 Å². The number of hydrogen-bond donors (Lipinski definition) is 0. The molecule has 0 saturated heterocycles. The Balaban J connectivity index is 0.877. The Morgan fingerprint density at radius 3 is 1.49 bits per heavy atom. The van der Waals surface area contributed by atoms with Crippen LogP contribution in [0.25, 0.3) is 121 Å². The van der Waals surface area contributed by atoms with Gasteiger partial charge in [-0.25, -0.2) is 0 Å². The number of rotatable bonds is 3. The van der Waals surface area contributed by atoms with Crippen LogP contribution < -0.4 is 0 Å². The third-order valence-corrected chi connectivity index (χ3v) is 15.4. The van der Waals surface area contributed by atoms with Crippen molar-refractivity contribution in [3.63, 3.8) is 0 Å². The molecule has 1 heteroatoms. The van der Waals surface area contributed by atoms with E-state index in [4.69, 9.17) is 4.42 Å². The lowest BCUT2D eigenvalue weighted by Gasteiger charge is -2.24. The molecule has 1 nitrogen and oxygen atoms in total. The number of para-hydroxylation sites is 1. The van der Waals surface area contributed by atoms with E-state index in [1.165, 1.54) is 132 Å². The van der Waals surface area contributed by atoms with Gasteiger partial charge in [-0.05, 0) is 157 Å². The molecular weight excluding hydrogens is 785 g/mol. The Labute approximate surface area is 378 Å². The highest BCUT2D eigenvalue weighted by atomic mass is 16.3. The average molecular weight is 829 g/mol. The SMILES string of the molecule is CC1(C)c2cc(-c3ccc4c(c3)C(C)(C)c3ccc5cc6c(cc5c3-4)oc3ccccc36)ccc2-c2ccc(-c3c4ccccc4c(-c4cccc5ccccc45)c4ccccc34)cc21. The van der Waals surface area contributed by atoms with Crippen LogP contribution >= 0.6 is 0 Å². The molecule has 11 aromatic carbocycles. The first-order chi connectivity index (χ1) is 31.7. The van der Waals surface area contributed by atoms with Crippen LogP contribution in [0.3, 0.4) is 0 Å². The molecular formula is C64H44O. The molecule has 0 saturated carbocycles. The predicted molar refractivity (Wildman–Crippen MR) is 275 cm³/mol. The molecule has 0 amide bonds. The fraction of sp³-hybridized carbons (Fsp3) is 0.0938. The van der Waals surface area contributed by atoms with Gasteiger partial charge in [0.25, 0.3) is 0 Å². The maximum atomic E-state index is 6.41. The lowest BCUT2D eigenvalue weighted by atomic mass is 9.79. The molecule has 1 aromatic heterocycles. The maximum absolute atomic E-state index is 6.41. The smallest absolute Gasteiger partial charge is 0.136 e. The molecule has 0 fully saturated rings. The van der Waals surface area contributed by atoms with Crippen molar-refractivity contribution in [2.24, 2.45) is 0 Å². The molecule has 0 radical (unpaired) electrons. The second-order valence-corrected chi connectivity index (χ2v) is 19.6. The van der Waals surface area contributed by atoms with E-state index in [9.17, 15) is 0 Å². The minimum absolute atomic E-state index is 0.151. The molecule has 12 aromatic rings. The van der Waals surface area contributed by atoms with Gasteiger partial charge in [-0.3, -0.25) is 0 Å². The molecule has 65 heavy (non-hydrogen) atoms. The van der Waals surface area contributed by atoms with Crippen LogP contribution in [0.1, 0.15) is 49.9 Å². The predicted octanol–water partition coefficient (Wildman–Crippen LogP) is 17.8. The molecule has 14 rings (SSSR count). The van der Waals surface area contributed by atoms with E-state index < -0.39 is 0 Å². The summed E-state index contributed by atoms with van der Waals surface area (Å²) in [6.07, 6.45) is 0. The quantitative estimate of drug-likeness (QED) is 0.162. The molecule has 1 heterocycles. The zero-order valence-electron chi connectivity index (χ0n) is 36.9. The summed E-state index contributed by atoms with van der Waals surface area (Å²) in [6, 6.07) is 72.8. The zero-order chi connectivity index (χ0) is 43.3. The summed E-state index contributed by atoms with van der Waals surface area (Å²) in [4.78, 5) is 0. The van der Waals surface area contributed by atoms with E-state index >= 15 is 0 Å². The van der Waals surface area contributed by atoms with Crippen LogP contribution in [-0.2, 0) is 10.8 Å². The zero-order valence-corrected chi connectivity index (χ0v) is 36.9. The molecule has 306 valence electrons. The summed E-state index contributed by atoms with van der Waals surface area (Å²) < 4.78 is 6.41. The number of hydrogen-bond acceptors (Lipinski definition) is 1. The first-order valence-corrected chi connectivity index (χ1v) is 23.0. The van der Waals surface area contributed by atoms with Gasteiger partial charge in [0.15, 0.2) is 0 Å². The van der Waals surface area contributed by atoms with Gasteiger partial charge in [-0.15, -0.1) is 0 Å². The third-order valence-electron chi connectivity index (χ3n) is 15.4. The van der Waals surface area contributed by atoms with Gasteiger partial charge in [-0.2, -0.15) is 0 Å². The van der Waals surface area contributed by atoms with Gasteiger partial charge >= 0.3 is 0 Å². The van der Waals surface area contributed by atoms with Gasteiger partial charge in [0.2, 0.25) is 0 Å². The Morgan fingerprint density at radius 2 is 0.800 bits per heavy atom. The third kappa shape index (κ3) is 4.99. The van der Waals surface area contributed by atoms with E-state index in [0.717, 1.165) is 11.2 Å². The Kier molecular flexibility index (Phi) is 7.30. The van der Waals surface area contributed by atoms with Crippen LogP contribution in [0.15, 0.2) is 199 Å². The Hall–Kier alpha value is -7.74. The standard InChI is InChI=1S/C64H44O/c1-63(2)54-31-27-40-32-53-45-17-11-12-23-58(45)65-59(53)36-52(40)62(54)51-30-25-39(34-57(51)63)38-24-28-43-44-29-26-41(35-56(44)64(3,4)55(43)33-38)60-47-18-7-9-20-49(47)61(50-21-10-8-19-48(50)60)46-22-13-15-37-14-5-6-16-42(37)46/h5-36H,1-4H3. The first kappa shape index (κ1) is 36.7. The molecule has 2 aliphatic carbocycles. The van der Waals surface area contributed by atoms with E-state index in [1.807, 2.05) is 6.07 Å². The van der Waals surface area contributed by atoms with Gasteiger partial charge in [0, 0.05) is 21.6 Å². The van der Waals surface area contributed by atoms with Gasteiger partial charge in [0.1, 0.15) is 11.2 Å². The highest BCUT2D eigenvalue weighted by molar-refractivity contribution is 6.23. The van der Waals surface area contributed by atoms with Crippen molar-refractivity contribution in [1.29, 1.82) is 0 Å². The van der Waals surface area contributed by atoms with E-state index in [1.54, 1.807) is 0 Å². The minimum atomic E-state index is -0.196. The number of benzene rings is 11. The molecule has 0 bridgehead atoms. The normalized spacial score (nSPS) is 14.4. The van der Waals surface area contributed by atoms with Crippen molar-refractivity contribution in [3.05, 3.63) is 216 Å². The molecule has 2 aliphatic rings. The van der Waals surface area contributed by atoms with Crippen molar-refractivity contribution in [3.8, 4) is 55.6 Å². The summed E-state index contributed by atoms with van der Waals surface area (Å²) in [5.74, 6) is 0. The average Bonchev–Trinajstić information content (AvgIpc) is 3.90. The van der Waals surface area contributed by atoms with Gasteiger partial charge in [-0.1, -0.05) is 185 Å². The summed E-state index contributed by atoms with van der Waals surface area (Å²) in [7, 11) is 0. The lowest BCUT2D eigenvalue weighted by Crippen LogP contribution is -2.15. The summed E-state index contributed by atoms with van der Waals surface area (Å²) in [5, 5.41) is 12.5. The Bertz CT molecular complexity index is 4000. The second-order valence-electron chi connectivity index (χ2n) is 19.6. The van der Waals surface area contributed by atoms with Crippen LogP contribution in [0, 0.1) is 0 Å². The van der Waals surface area contributed by atoms with Crippen molar-refractivity contribution in [2.75, 3.05) is 0 Å². The summed E-state index contributed by atoms with van der Waals surface area (Å²) >= 11 is 0. The van der Waals surface area contributed by atoms with Gasteiger partial charge in [0.05, 0.1) is 0 Å². The Morgan fingerprint density at radius 1 is 0.277 bits per heavy atom. The van der Waals surface area contributed by atoms with Crippen molar-refractivity contribution in [1.82, 2.24) is 0 Å². The molecule has 0 N–H and O–H groups in total. The highest BCUT2D eigenvalue weighted by Gasteiger charge is 2.39. The molecule has 0 spiro atoms. The van der Waals surface area contributed by atoms with Crippen LogP contribution in [0.2, 0.25) is 0 Å². The topological polar surface area (TPSA) is 13.1 Å². The highest BCUT2D eigenvalue weighted by Crippen LogP contribution is 2.55. The van der Waals surface area contributed by atoms with E-state index in [-0.39, 0.29) is 10.8 Å². The van der Waals surface area contributed by atoms with Crippen molar-refractivity contribution in [2.45, 2.75) is 38.5 Å². The second kappa shape index (κ2) is 12.9. The first-order valence-electron chi connectivity index (χ1n) is 23.0. The fourth-order valence-electron chi connectivity index (χ4n) is 12.2. The molecule has 0 atom stereocenters. The maximum Gasteiger partial charge on any atom is 0.136 e. The number of fused-ring (bicyclic) bond motifs is 14. The van der Waals surface area contributed by atoms with Crippen molar-refractivity contribution < 1.29 is 4.42 Å². The van der Waals surface area contributed by atoms with Crippen molar-refractivity contribution >= 4 is 65.0 Å². The van der Waals surface area contributed by atoms with Gasteiger partial charge < -0.3 is 4.42 Å². The fourth-order valence-corrected chi connectivity index (χ4v) is 12.2. The van der Waals surface area contributed by atoms with Crippen LogP contribution in [0.4, 0.5) is 0 Å². The van der Waals surface area contributed by atoms with Crippen LogP contribution in [-0.4, -0.2) is 0 Å². The lowest BCUT2D eigenvalue weighted by molar-refractivity contribution is 0.660. The number of furan rings is 1. The summed E-state index contributed by atoms with van der Waals surface area (Å²) in [6.45, 7) is 9.60.